The Hall–Kier alpha value is -1.94. The van der Waals surface area contributed by atoms with Crippen LogP contribution in [0.5, 0.6) is 0 Å². The van der Waals surface area contributed by atoms with Crippen molar-refractivity contribution in [2.24, 2.45) is 17.8 Å². The van der Waals surface area contributed by atoms with Gasteiger partial charge in [-0.1, -0.05) is 350 Å². The number of rotatable bonds is 76. The highest BCUT2D eigenvalue weighted by molar-refractivity contribution is 7.47. The lowest BCUT2D eigenvalue weighted by molar-refractivity contribution is -0.161. The first kappa shape index (κ1) is 95.1. The smallest absolute Gasteiger partial charge is 0.462 e. The standard InChI is InChI=1S/C78H152O17P2/c1-8-10-11-12-13-28-38-45-52-59-75(80)88-65-73(95-78(83)62-55-48-41-34-27-30-36-43-50-57-70(5)6)67-92-96(84,85)90-63-72(79)64-91-97(86,87)93-68-74(94-77(82)61-54-47-40-33-26-22-16-14-15-19-23-29-35-42-49-56-69(3)4)66-89-76(81)60-53-46-39-32-25-21-18-17-20-24-31-37-44-51-58-71(7)9-2/h69-74,79H,8-68H2,1-7H3,(H,84,85)(H,86,87)/t71?,72-,73+,74+/m0/s1. The predicted octanol–water partition coefficient (Wildman–Crippen LogP) is 23.0. The first-order valence-electron chi connectivity index (χ1n) is 40.4. The number of carbonyl (C=O) groups is 4. The topological polar surface area (TPSA) is 237 Å². The highest BCUT2D eigenvalue weighted by atomic mass is 31.2. The molecule has 0 aromatic rings. The Morgan fingerprint density at radius 2 is 0.526 bits per heavy atom. The number of esters is 4. The molecule has 3 unspecified atom stereocenters. The van der Waals surface area contributed by atoms with Crippen LogP contribution in [0.1, 0.15) is 402 Å². The van der Waals surface area contributed by atoms with Crippen molar-refractivity contribution in [2.75, 3.05) is 39.6 Å². The molecular formula is C78H152O17P2. The summed E-state index contributed by atoms with van der Waals surface area (Å²) in [6.07, 6.45) is 55.4. The molecule has 0 aromatic carbocycles. The van der Waals surface area contributed by atoms with Gasteiger partial charge in [0.2, 0.25) is 0 Å². The quantitative estimate of drug-likeness (QED) is 0.0222. The highest BCUT2D eigenvalue weighted by Gasteiger charge is 2.30. The van der Waals surface area contributed by atoms with E-state index in [1.165, 1.54) is 212 Å². The normalized spacial score (nSPS) is 14.3. The maximum atomic E-state index is 13.1. The van der Waals surface area contributed by atoms with Crippen LogP contribution < -0.4 is 0 Å². The van der Waals surface area contributed by atoms with E-state index in [-0.39, 0.29) is 25.7 Å². The van der Waals surface area contributed by atoms with Crippen LogP contribution in [0.25, 0.3) is 0 Å². The highest BCUT2D eigenvalue weighted by Crippen LogP contribution is 2.45. The zero-order chi connectivity index (χ0) is 71.6. The van der Waals surface area contributed by atoms with Gasteiger partial charge in [0.1, 0.15) is 19.3 Å². The number of aliphatic hydroxyl groups is 1. The van der Waals surface area contributed by atoms with Crippen molar-refractivity contribution < 1.29 is 80.2 Å². The van der Waals surface area contributed by atoms with E-state index in [1.54, 1.807) is 0 Å². The van der Waals surface area contributed by atoms with Crippen molar-refractivity contribution in [1.82, 2.24) is 0 Å². The van der Waals surface area contributed by atoms with Gasteiger partial charge < -0.3 is 33.8 Å². The van der Waals surface area contributed by atoms with E-state index < -0.39 is 97.5 Å². The molecule has 6 atom stereocenters. The molecule has 0 aliphatic carbocycles. The van der Waals surface area contributed by atoms with E-state index >= 15 is 0 Å². The van der Waals surface area contributed by atoms with Gasteiger partial charge in [-0.25, -0.2) is 9.13 Å². The number of unbranched alkanes of at least 4 members (excludes halogenated alkanes) is 43. The molecule has 19 heteroatoms. The number of aliphatic hydroxyl groups excluding tert-OH is 1. The molecule has 0 aliphatic rings. The molecule has 0 saturated heterocycles. The molecule has 0 saturated carbocycles. The Balaban J connectivity index is 5.22. The van der Waals surface area contributed by atoms with Crippen molar-refractivity contribution in [2.45, 2.75) is 420 Å². The Kier molecular flexibility index (Phi) is 67.1. The first-order valence-corrected chi connectivity index (χ1v) is 43.4. The Morgan fingerprint density at radius 3 is 0.784 bits per heavy atom. The van der Waals surface area contributed by atoms with Gasteiger partial charge in [0, 0.05) is 25.7 Å². The fourth-order valence-corrected chi connectivity index (χ4v) is 13.5. The van der Waals surface area contributed by atoms with Crippen LogP contribution in [-0.4, -0.2) is 96.7 Å². The number of hydrogen-bond donors (Lipinski definition) is 3. The average molecular weight is 1420 g/mol. The molecule has 0 amide bonds. The molecule has 0 aromatic heterocycles. The summed E-state index contributed by atoms with van der Waals surface area (Å²) in [5.74, 6) is 0.273. The first-order chi connectivity index (χ1) is 46.8. The molecule has 0 rings (SSSR count). The second-order valence-corrected chi connectivity index (χ2v) is 32.2. The second-order valence-electron chi connectivity index (χ2n) is 29.3. The van der Waals surface area contributed by atoms with E-state index in [4.69, 9.17) is 37.0 Å². The Bertz CT molecular complexity index is 1890. The second kappa shape index (κ2) is 68.5. The van der Waals surface area contributed by atoms with Crippen LogP contribution in [0.2, 0.25) is 0 Å². The summed E-state index contributed by atoms with van der Waals surface area (Å²) in [7, 11) is -9.91. The summed E-state index contributed by atoms with van der Waals surface area (Å²) < 4.78 is 68.6. The minimum Gasteiger partial charge on any atom is -0.462 e. The largest absolute Gasteiger partial charge is 0.472 e. The third-order valence-electron chi connectivity index (χ3n) is 18.5. The average Bonchev–Trinajstić information content (AvgIpc) is 1.27. The zero-order valence-corrected chi connectivity index (χ0v) is 65.3. The van der Waals surface area contributed by atoms with Crippen molar-refractivity contribution in [1.29, 1.82) is 0 Å². The number of ether oxygens (including phenoxy) is 4. The van der Waals surface area contributed by atoms with Crippen LogP contribution in [0.3, 0.4) is 0 Å². The van der Waals surface area contributed by atoms with Gasteiger partial charge in [-0.15, -0.1) is 0 Å². The third kappa shape index (κ3) is 70.9. The number of carbonyl (C=O) groups excluding carboxylic acids is 4. The third-order valence-corrected chi connectivity index (χ3v) is 20.4. The number of phosphoric ester groups is 2. The van der Waals surface area contributed by atoms with E-state index in [0.717, 1.165) is 108 Å². The Labute approximate surface area is 594 Å². The molecule has 0 radical (unpaired) electrons. The maximum absolute atomic E-state index is 13.1. The number of phosphoric acid groups is 2. The number of hydrogen-bond acceptors (Lipinski definition) is 15. The van der Waals surface area contributed by atoms with Crippen molar-refractivity contribution in [3.63, 3.8) is 0 Å². The maximum Gasteiger partial charge on any atom is 0.472 e. The lowest BCUT2D eigenvalue weighted by atomic mass is 9.99. The van der Waals surface area contributed by atoms with Crippen LogP contribution in [-0.2, 0) is 65.4 Å². The minimum absolute atomic E-state index is 0.105. The summed E-state index contributed by atoms with van der Waals surface area (Å²) in [6, 6.07) is 0. The van der Waals surface area contributed by atoms with E-state index in [9.17, 15) is 43.2 Å². The van der Waals surface area contributed by atoms with E-state index in [1.807, 2.05) is 0 Å². The molecular weight excluding hydrogens is 1270 g/mol. The van der Waals surface area contributed by atoms with Gasteiger partial charge in [0.05, 0.1) is 26.4 Å². The van der Waals surface area contributed by atoms with Crippen LogP contribution in [0.15, 0.2) is 0 Å². The molecule has 0 spiro atoms. The van der Waals surface area contributed by atoms with Crippen molar-refractivity contribution in [3.05, 3.63) is 0 Å². The lowest BCUT2D eigenvalue weighted by Gasteiger charge is -2.21. The summed E-state index contributed by atoms with van der Waals surface area (Å²) in [5, 5.41) is 10.6. The van der Waals surface area contributed by atoms with Crippen LogP contribution in [0.4, 0.5) is 0 Å². The van der Waals surface area contributed by atoms with Crippen LogP contribution in [0, 0.1) is 17.8 Å². The zero-order valence-electron chi connectivity index (χ0n) is 63.5. The fraction of sp³-hybridized carbons (Fsp3) is 0.949. The van der Waals surface area contributed by atoms with Gasteiger partial charge in [0.15, 0.2) is 12.2 Å². The van der Waals surface area contributed by atoms with Crippen LogP contribution >= 0.6 is 15.6 Å². The summed E-state index contributed by atoms with van der Waals surface area (Å²) in [5.41, 5.74) is 0. The molecule has 17 nitrogen and oxygen atoms in total. The van der Waals surface area contributed by atoms with Gasteiger partial charge in [-0.05, 0) is 43.4 Å². The molecule has 0 fully saturated rings. The molecule has 0 bridgehead atoms. The Morgan fingerprint density at radius 1 is 0.299 bits per heavy atom. The monoisotopic (exact) mass is 1420 g/mol. The van der Waals surface area contributed by atoms with Crippen molar-refractivity contribution in [3.8, 4) is 0 Å². The van der Waals surface area contributed by atoms with E-state index in [2.05, 4.69) is 48.5 Å². The lowest BCUT2D eigenvalue weighted by Crippen LogP contribution is -2.30. The van der Waals surface area contributed by atoms with Gasteiger partial charge in [-0.2, -0.15) is 0 Å². The molecule has 0 aliphatic heterocycles. The fourth-order valence-electron chi connectivity index (χ4n) is 11.9. The molecule has 0 heterocycles. The molecule has 3 N–H and O–H groups in total. The van der Waals surface area contributed by atoms with Crippen molar-refractivity contribution >= 4 is 39.5 Å². The summed E-state index contributed by atoms with van der Waals surface area (Å²) in [4.78, 5) is 72.8. The predicted molar refractivity (Wildman–Crippen MR) is 395 cm³/mol. The van der Waals surface area contributed by atoms with Gasteiger partial charge in [-0.3, -0.25) is 37.3 Å². The van der Waals surface area contributed by atoms with Gasteiger partial charge in [0.25, 0.3) is 0 Å². The molecule has 97 heavy (non-hydrogen) atoms. The molecule has 576 valence electrons. The summed E-state index contributed by atoms with van der Waals surface area (Å²) >= 11 is 0. The van der Waals surface area contributed by atoms with Gasteiger partial charge >= 0.3 is 39.5 Å². The van der Waals surface area contributed by atoms with E-state index in [0.29, 0.717) is 25.7 Å². The SMILES string of the molecule is CCCCCCCCCCCC(=O)OC[C@H](COP(=O)(O)OC[C@H](O)COP(=O)(O)OC[C@@H](COC(=O)CCCCCCCCCCCCCCCCC(C)CC)OC(=O)CCCCCCCCCCCCCCCCCC(C)C)OC(=O)CCCCCCCCCCCC(C)C. The minimum atomic E-state index is -4.96. The summed E-state index contributed by atoms with van der Waals surface area (Å²) in [6.45, 7) is 12.0.